The van der Waals surface area contributed by atoms with E-state index in [2.05, 4.69) is 15.3 Å². The summed E-state index contributed by atoms with van der Waals surface area (Å²) in [6.07, 6.45) is 5.50. The normalized spacial score (nSPS) is 16.7. The van der Waals surface area contributed by atoms with E-state index in [9.17, 15) is 4.79 Å². The van der Waals surface area contributed by atoms with Gasteiger partial charge in [0.25, 0.3) is 5.91 Å². The molecule has 1 aliphatic rings. The van der Waals surface area contributed by atoms with Gasteiger partial charge < -0.3 is 16.0 Å². The van der Waals surface area contributed by atoms with Crippen LogP contribution in [0.1, 0.15) is 29.8 Å². The van der Waals surface area contributed by atoms with E-state index in [0.29, 0.717) is 17.9 Å². The minimum atomic E-state index is -0.190. The first kappa shape index (κ1) is 12.9. The summed E-state index contributed by atoms with van der Waals surface area (Å²) in [5.41, 5.74) is 6.44. The molecule has 18 heavy (non-hydrogen) atoms. The van der Waals surface area contributed by atoms with Crippen LogP contribution in [0.4, 0.5) is 5.69 Å². The van der Waals surface area contributed by atoms with Crippen molar-refractivity contribution in [3.63, 3.8) is 0 Å². The summed E-state index contributed by atoms with van der Waals surface area (Å²) in [4.78, 5) is 14.2. The Bertz CT molecular complexity index is 409. The minimum Gasteiger partial charge on any atom is -0.396 e. The number of nitrogens with one attached hydrogen (secondary N) is 1. The Labute approximate surface area is 107 Å². The third kappa shape index (κ3) is 3.22. The molecular formula is C12H21N5O. The first-order chi connectivity index (χ1) is 8.66. The molecule has 0 spiro atoms. The topological polar surface area (TPSA) is 76.2 Å². The van der Waals surface area contributed by atoms with Crippen LogP contribution in [0.2, 0.25) is 0 Å². The van der Waals surface area contributed by atoms with E-state index in [1.807, 2.05) is 0 Å². The van der Waals surface area contributed by atoms with Crippen molar-refractivity contribution in [3.8, 4) is 0 Å². The first-order valence-electron chi connectivity index (χ1n) is 6.46. The van der Waals surface area contributed by atoms with Crippen molar-refractivity contribution >= 4 is 11.6 Å². The average Bonchev–Trinajstić information content (AvgIpc) is 2.70. The summed E-state index contributed by atoms with van der Waals surface area (Å²) in [7, 11) is 1.75. The van der Waals surface area contributed by atoms with Crippen LogP contribution in [-0.4, -0.2) is 46.8 Å². The molecule has 2 rings (SSSR count). The van der Waals surface area contributed by atoms with Crippen LogP contribution in [-0.2, 0) is 7.05 Å². The Morgan fingerprint density at radius 1 is 1.44 bits per heavy atom. The van der Waals surface area contributed by atoms with Gasteiger partial charge in [-0.2, -0.15) is 5.10 Å². The third-order valence-corrected chi connectivity index (χ3v) is 3.23. The highest BCUT2D eigenvalue weighted by Crippen LogP contribution is 2.08. The van der Waals surface area contributed by atoms with Gasteiger partial charge in [-0.1, -0.05) is 6.42 Å². The van der Waals surface area contributed by atoms with Crippen LogP contribution in [0.5, 0.6) is 0 Å². The molecule has 0 aliphatic carbocycles. The van der Waals surface area contributed by atoms with E-state index in [0.717, 1.165) is 19.6 Å². The molecule has 0 saturated carbocycles. The van der Waals surface area contributed by atoms with Crippen molar-refractivity contribution in [1.29, 1.82) is 0 Å². The van der Waals surface area contributed by atoms with Crippen molar-refractivity contribution < 1.29 is 4.79 Å². The second kappa shape index (κ2) is 5.86. The van der Waals surface area contributed by atoms with E-state index >= 15 is 0 Å². The van der Waals surface area contributed by atoms with E-state index in [4.69, 9.17) is 5.73 Å². The zero-order chi connectivity index (χ0) is 13.0. The van der Waals surface area contributed by atoms with Gasteiger partial charge in [0.15, 0.2) is 5.69 Å². The summed E-state index contributed by atoms with van der Waals surface area (Å²) in [6, 6.07) is 0. The van der Waals surface area contributed by atoms with Gasteiger partial charge in [0.05, 0.1) is 5.69 Å². The van der Waals surface area contributed by atoms with Crippen LogP contribution in [0.3, 0.4) is 0 Å². The smallest absolute Gasteiger partial charge is 0.273 e. The number of nitrogens with zero attached hydrogens (tertiary/aromatic N) is 3. The lowest BCUT2D eigenvalue weighted by Crippen LogP contribution is -2.37. The van der Waals surface area contributed by atoms with Crippen LogP contribution >= 0.6 is 0 Å². The largest absolute Gasteiger partial charge is 0.396 e. The molecule has 2 heterocycles. The molecule has 1 aliphatic heterocycles. The number of aromatic nitrogens is 2. The van der Waals surface area contributed by atoms with Crippen LogP contribution in [0.15, 0.2) is 6.20 Å². The summed E-state index contributed by atoms with van der Waals surface area (Å²) >= 11 is 0. The zero-order valence-electron chi connectivity index (χ0n) is 10.9. The Morgan fingerprint density at radius 3 is 2.78 bits per heavy atom. The van der Waals surface area contributed by atoms with Crippen LogP contribution in [0, 0.1) is 0 Å². The second-order valence-electron chi connectivity index (χ2n) is 4.76. The summed E-state index contributed by atoms with van der Waals surface area (Å²) in [5, 5.41) is 6.91. The molecule has 6 nitrogen and oxygen atoms in total. The highest BCUT2D eigenvalue weighted by Gasteiger charge is 2.14. The molecule has 0 atom stereocenters. The van der Waals surface area contributed by atoms with Gasteiger partial charge in [-0.05, 0) is 25.9 Å². The molecule has 1 aromatic heterocycles. The number of nitrogens with two attached hydrogens (primary N) is 1. The Hall–Kier alpha value is -1.56. The van der Waals surface area contributed by atoms with Crippen molar-refractivity contribution in [3.05, 3.63) is 11.9 Å². The molecule has 1 fully saturated rings. The summed E-state index contributed by atoms with van der Waals surface area (Å²) < 4.78 is 1.55. The Morgan fingerprint density at radius 2 is 2.17 bits per heavy atom. The zero-order valence-corrected chi connectivity index (χ0v) is 10.9. The number of amides is 1. The SMILES string of the molecule is Cn1cc(N)c(C(=O)NCCN2CCCCC2)n1. The number of likely N-dealkylation sites (tertiary alicyclic amines) is 1. The van der Waals surface area contributed by atoms with Crippen LogP contribution < -0.4 is 11.1 Å². The van der Waals surface area contributed by atoms with Gasteiger partial charge in [0, 0.05) is 26.3 Å². The molecule has 3 N–H and O–H groups in total. The second-order valence-corrected chi connectivity index (χ2v) is 4.76. The van der Waals surface area contributed by atoms with Crippen molar-refractivity contribution in [2.24, 2.45) is 7.05 Å². The first-order valence-corrected chi connectivity index (χ1v) is 6.46. The molecule has 0 aromatic carbocycles. The fraction of sp³-hybridized carbons (Fsp3) is 0.667. The standard InChI is InChI=1S/C12H21N5O/c1-16-9-10(13)11(15-16)12(18)14-5-8-17-6-3-2-4-7-17/h9H,2-8,13H2,1H3,(H,14,18). The molecule has 1 amide bonds. The monoisotopic (exact) mass is 251 g/mol. The summed E-state index contributed by atoms with van der Waals surface area (Å²) in [5.74, 6) is -0.190. The molecule has 6 heteroatoms. The van der Waals surface area contributed by atoms with Gasteiger partial charge in [-0.3, -0.25) is 9.48 Å². The number of rotatable bonds is 4. The third-order valence-electron chi connectivity index (χ3n) is 3.23. The highest BCUT2D eigenvalue weighted by atomic mass is 16.2. The highest BCUT2D eigenvalue weighted by molar-refractivity contribution is 5.96. The average molecular weight is 251 g/mol. The summed E-state index contributed by atoms with van der Waals surface area (Å²) in [6.45, 7) is 3.83. The maximum absolute atomic E-state index is 11.8. The lowest BCUT2D eigenvalue weighted by molar-refractivity contribution is 0.0941. The number of nitrogen functional groups attached to an aromatic ring is 1. The molecule has 1 saturated heterocycles. The predicted molar refractivity (Wildman–Crippen MR) is 70.2 cm³/mol. The van der Waals surface area contributed by atoms with E-state index < -0.39 is 0 Å². The number of hydrogen-bond donors (Lipinski definition) is 2. The van der Waals surface area contributed by atoms with Gasteiger partial charge in [-0.25, -0.2) is 0 Å². The fourth-order valence-electron chi connectivity index (χ4n) is 2.28. The number of carbonyl (C=O) groups excluding carboxylic acids is 1. The number of anilines is 1. The molecule has 100 valence electrons. The Kier molecular flexibility index (Phi) is 4.19. The maximum Gasteiger partial charge on any atom is 0.273 e. The van der Waals surface area contributed by atoms with Gasteiger partial charge in [-0.15, -0.1) is 0 Å². The number of piperidine rings is 1. The lowest BCUT2D eigenvalue weighted by Gasteiger charge is -2.26. The molecule has 1 aromatic rings. The Balaban J connectivity index is 1.76. The fourth-order valence-corrected chi connectivity index (χ4v) is 2.28. The van der Waals surface area contributed by atoms with E-state index in [-0.39, 0.29) is 5.91 Å². The van der Waals surface area contributed by atoms with Crippen molar-refractivity contribution in [1.82, 2.24) is 20.0 Å². The lowest BCUT2D eigenvalue weighted by atomic mass is 10.1. The van der Waals surface area contributed by atoms with E-state index in [1.165, 1.54) is 19.3 Å². The van der Waals surface area contributed by atoms with E-state index in [1.54, 1.807) is 17.9 Å². The molecule has 0 unspecified atom stereocenters. The van der Waals surface area contributed by atoms with Gasteiger partial charge >= 0.3 is 0 Å². The van der Waals surface area contributed by atoms with Crippen molar-refractivity contribution in [2.45, 2.75) is 19.3 Å². The number of aryl methyl sites for hydroxylation is 1. The quantitative estimate of drug-likeness (QED) is 0.802. The molecular weight excluding hydrogens is 230 g/mol. The van der Waals surface area contributed by atoms with Crippen LogP contribution in [0.25, 0.3) is 0 Å². The molecule has 0 bridgehead atoms. The maximum atomic E-state index is 11.8. The minimum absolute atomic E-state index is 0.190. The predicted octanol–water partition coefficient (Wildman–Crippen LogP) is 0.218. The molecule has 0 radical (unpaired) electrons. The van der Waals surface area contributed by atoms with Gasteiger partial charge in [0.2, 0.25) is 0 Å². The number of carbonyl (C=O) groups is 1. The van der Waals surface area contributed by atoms with Crippen molar-refractivity contribution in [2.75, 3.05) is 31.9 Å². The number of hydrogen-bond acceptors (Lipinski definition) is 4. The van der Waals surface area contributed by atoms with Gasteiger partial charge in [0.1, 0.15) is 0 Å².